The zero-order valence-electron chi connectivity index (χ0n) is 13.1. The molecular weight excluding hydrogens is 282 g/mol. The van der Waals surface area contributed by atoms with Crippen LogP contribution in [-0.2, 0) is 6.42 Å². The van der Waals surface area contributed by atoms with E-state index in [1.807, 2.05) is 31.3 Å². The number of nitrogens with zero attached hydrogens (tertiary/aromatic N) is 2. The van der Waals surface area contributed by atoms with E-state index in [-0.39, 0.29) is 0 Å². The van der Waals surface area contributed by atoms with Gasteiger partial charge >= 0.3 is 0 Å². The van der Waals surface area contributed by atoms with Crippen LogP contribution >= 0.6 is 11.6 Å². The van der Waals surface area contributed by atoms with Crippen molar-refractivity contribution in [1.82, 2.24) is 15.3 Å². The lowest BCUT2D eigenvalue weighted by atomic mass is 9.98. The fourth-order valence-electron chi connectivity index (χ4n) is 2.53. The van der Waals surface area contributed by atoms with Crippen molar-refractivity contribution in [3.05, 3.63) is 46.2 Å². The Morgan fingerprint density at radius 1 is 1.10 bits per heavy atom. The minimum atomic E-state index is 0.567. The number of halogens is 1. The summed E-state index contributed by atoms with van der Waals surface area (Å²) in [7, 11) is 1.98. The Labute approximate surface area is 131 Å². The van der Waals surface area contributed by atoms with Crippen LogP contribution in [0.3, 0.4) is 0 Å². The summed E-state index contributed by atoms with van der Waals surface area (Å²) in [6, 6.07) is 7.65. The van der Waals surface area contributed by atoms with E-state index in [4.69, 9.17) is 11.6 Å². The van der Waals surface area contributed by atoms with Gasteiger partial charge in [0.2, 0.25) is 0 Å². The highest BCUT2D eigenvalue weighted by Crippen LogP contribution is 2.22. The first-order valence-corrected chi connectivity index (χ1v) is 7.63. The van der Waals surface area contributed by atoms with E-state index in [2.05, 4.69) is 36.1 Å². The molecule has 1 aromatic carbocycles. The molecule has 0 fully saturated rings. The van der Waals surface area contributed by atoms with Gasteiger partial charge in [0, 0.05) is 22.0 Å². The van der Waals surface area contributed by atoms with E-state index >= 15 is 0 Å². The Morgan fingerprint density at radius 3 is 2.19 bits per heavy atom. The highest BCUT2D eigenvalue weighted by molar-refractivity contribution is 6.30. The molecule has 0 saturated heterocycles. The molecule has 112 valence electrons. The first-order chi connectivity index (χ1) is 10.0. The fourth-order valence-corrected chi connectivity index (χ4v) is 2.66. The van der Waals surface area contributed by atoms with Gasteiger partial charge in [-0.2, -0.15) is 0 Å². The van der Waals surface area contributed by atoms with Crippen molar-refractivity contribution in [2.45, 2.75) is 27.2 Å². The van der Waals surface area contributed by atoms with Crippen LogP contribution in [0.4, 0.5) is 0 Å². The predicted molar refractivity (Wildman–Crippen MR) is 88.7 cm³/mol. The van der Waals surface area contributed by atoms with Gasteiger partial charge in [-0.25, -0.2) is 9.97 Å². The largest absolute Gasteiger partial charge is 0.319 e. The Hall–Kier alpha value is -1.45. The van der Waals surface area contributed by atoms with Crippen molar-refractivity contribution < 1.29 is 0 Å². The molecule has 1 atom stereocenters. The molecule has 0 amide bonds. The van der Waals surface area contributed by atoms with Crippen LogP contribution in [0.5, 0.6) is 0 Å². The van der Waals surface area contributed by atoms with Gasteiger partial charge in [-0.3, -0.25) is 0 Å². The number of hydrogen-bond acceptors (Lipinski definition) is 3. The smallest absolute Gasteiger partial charge is 0.159 e. The van der Waals surface area contributed by atoms with Crippen molar-refractivity contribution in [3.8, 4) is 11.4 Å². The topological polar surface area (TPSA) is 37.8 Å². The standard InChI is InChI=1S/C17H22ClN3/c1-11(10-19-4)9-16-12(2)20-17(21-13(16)3)14-5-7-15(18)8-6-14/h5-8,11,19H,9-10H2,1-4H3. The van der Waals surface area contributed by atoms with Crippen LogP contribution < -0.4 is 5.32 Å². The van der Waals surface area contributed by atoms with Crippen LogP contribution in [0.1, 0.15) is 23.9 Å². The van der Waals surface area contributed by atoms with Crippen LogP contribution in [0.2, 0.25) is 5.02 Å². The van der Waals surface area contributed by atoms with E-state index in [0.29, 0.717) is 5.92 Å². The molecule has 2 aromatic rings. The van der Waals surface area contributed by atoms with Gasteiger partial charge in [0.1, 0.15) is 0 Å². The molecule has 0 bridgehead atoms. The van der Waals surface area contributed by atoms with Crippen molar-refractivity contribution >= 4 is 11.6 Å². The van der Waals surface area contributed by atoms with Gasteiger partial charge in [0.25, 0.3) is 0 Å². The second-order valence-electron chi connectivity index (χ2n) is 5.57. The Balaban J connectivity index is 2.30. The van der Waals surface area contributed by atoms with Gasteiger partial charge in [-0.15, -0.1) is 0 Å². The zero-order chi connectivity index (χ0) is 15.4. The third-order valence-electron chi connectivity index (χ3n) is 3.63. The summed E-state index contributed by atoms with van der Waals surface area (Å²) in [4.78, 5) is 9.34. The molecule has 1 N–H and O–H groups in total. The molecule has 1 aromatic heterocycles. The lowest BCUT2D eigenvalue weighted by molar-refractivity contribution is 0.537. The summed E-state index contributed by atoms with van der Waals surface area (Å²) < 4.78 is 0. The number of aryl methyl sites for hydroxylation is 2. The van der Waals surface area contributed by atoms with Crippen molar-refractivity contribution in [2.24, 2.45) is 5.92 Å². The first kappa shape index (κ1) is 15.9. The quantitative estimate of drug-likeness (QED) is 0.912. The van der Waals surface area contributed by atoms with Gasteiger partial charge in [-0.05, 0) is 69.6 Å². The van der Waals surface area contributed by atoms with Crippen LogP contribution in [0.25, 0.3) is 11.4 Å². The average Bonchev–Trinajstić information content (AvgIpc) is 2.44. The fraction of sp³-hybridized carbons (Fsp3) is 0.412. The maximum atomic E-state index is 5.93. The second kappa shape index (κ2) is 7.01. The van der Waals surface area contributed by atoms with Gasteiger partial charge in [0.15, 0.2) is 5.82 Å². The van der Waals surface area contributed by atoms with Crippen molar-refractivity contribution in [2.75, 3.05) is 13.6 Å². The number of benzene rings is 1. The molecule has 3 nitrogen and oxygen atoms in total. The molecule has 0 aliphatic carbocycles. The minimum absolute atomic E-state index is 0.567. The molecule has 0 saturated carbocycles. The number of nitrogens with one attached hydrogen (secondary N) is 1. The maximum Gasteiger partial charge on any atom is 0.159 e. The molecule has 21 heavy (non-hydrogen) atoms. The molecule has 0 aliphatic rings. The summed E-state index contributed by atoms with van der Waals surface area (Å²) in [6.07, 6.45) is 0.999. The molecule has 1 unspecified atom stereocenters. The van der Waals surface area contributed by atoms with Crippen molar-refractivity contribution in [1.29, 1.82) is 0 Å². The monoisotopic (exact) mass is 303 g/mol. The summed E-state index contributed by atoms with van der Waals surface area (Å²) in [5, 5.41) is 3.94. The lowest BCUT2D eigenvalue weighted by Gasteiger charge is -2.15. The van der Waals surface area contributed by atoms with Crippen LogP contribution in [0.15, 0.2) is 24.3 Å². The summed E-state index contributed by atoms with van der Waals surface area (Å²) >= 11 is 5.93. The predicted octanol–water partition coefficient (Wildman–Crippen LogP) is 3.81. The molecule has 4 heteroatoms. The van der Waals surface area contributed by atoms with E-state index in [0.717, 1.165) is 40.8 Å². The maximum absolute atomic E-state index is 5.93. The third kappa shape index (κ3) is 4.02. The zero-order valence-corrected chi connectivity index (χ0v) is 13.8. The highest BCUT2D eigenvalue weighted by atomic mass is 35.5. The first-order valence-electron chi connectivity index (χ1n) is 7.26. The molecule has 0 radical (unpaired) electrons. The SMILES string of the molecule is CNCC(C)Cc1c(C)nc(-c2ccc(Cl)cc2)nc1C. The van der Waals surface area contributed by atoms with Crippen LogP contribution in [0, 0.1) is 19.8 Å². The lowest BCUT2D eigenvalue weighted by Crippen LogP contribution is -2.19. The van der Waals surface area contributed by atoms with Crippen molar-refractivity contribution in [3.63, 3.8) is 0 Å². The van der Waals surface area contributed by atoms with E-state index in [1.54, 1.807) is 0 Å². The van der Waals surface area contributed by atoms with Gasteiger partial charge in [0.05, 0.1) is 0 Å². The molecular formula is C17H22ClN3. The number of hydrogen-bond donors (Lipinski definition) is 1. The van der Waals surface area contributed by atoms with E-state index in [1.165, 1.54) is 5.56 Å². The summed E-state index contributed by atoms with van der Waals surface area (Å²) in [5.74, 6) is 1.34. The average molecular weight is 304 g/mol. The van der Waals surface area contributed by atoms with E-state index in [9.17, 15) is 0 Å². The molecule has 0 aliphatic heterocycles. The molecule has 0 spiro atoms. The minimum Gasteiger partial charge on any atom is -0.319 e. The van der Waals surface area contributed by atoms with Gasteiger partial charge < -0.3 is 5.32 Å². The Kier molecular flexibility index (Phi) is 5.32. The number of rotatable bonds is 5. The van der Waals surface area contributed by atoms with Gasteiger partial charge in [-0.1, -0.05) is 18.5 Å². The summed E-state index contributed by atoms with van der Waals surface area (Å²) in [6.45, 7) is 7.37. The van der Waals surface area contributed by atoms with Crippen LogP contribution in [-0.4, -0.2) is 23.6 Å². The molecule has 2 rings (SSSR count). The normalized spacial score (nSPS) is 12.4. The van der Waals surface area contributed by atoms with E-state index < -0.39 is 0 Å². The summed E-state index contributed by atoms with van der Waals surface area (Å²) in [5.41, 5.74) is 4.39. The Bertz CT molecular complexity index is 585. The Morgan fingerprint density at radius 2 is 1.67 bits per heavy atom. The second-order valence-corrected chi connectivity index (χ2v) is 6.01. The molecule has 1 heterocycles. The highest BCUT2D eigenvalue weighted by Gasteiger charge is 2.12. The third-order valence-corrected chi connectivity index (χ3v) is 3.88. The number of aromatic nitrogens is 2.